The second-order valence-electron chi connectivity index (χ2n) is 4.84. The van der Waals surface area contributed by atoms with E-state index in [0.29, 0.717) is 25.3 Å². The van der Waals surface area contributed by atoms with Gasteiger partial charge in [-0.25, -0.2) is 4.79 Å². The topological polar surface area (TPSA) is 82.8 Å². The Labute approximate surface area is 122 Å². The standard InChI is InChI=1S/C15H18N2O4/c1-17(15(20)16-8-4-7-14(18)19)10-12-9-11-5-2-3-6-13(11)21-12/h2-3,5-6,9H,4,7-8,10H2,1H3,(H,16,20)(H,18,19). The van der Waals surface area contributed by atoms with Gasteiger partial charge in [0.25, 0.3) is 0 Å². The molecule has 1 heterocycles. The van der Waals surface area contributed by atoms with E-state index >= 15 is 0 Å². The average Bonchev–Trinajstić information content (AvgIpc) is 2.85. The van der Waals surface area contributed by atoms with Gasteiger partial charge in [0.2, 0.25) is 0 Å². The molecule has 0 radical (unpaired) electrons. The lowest BCUT2D eigenvalue weighted by atomic mass is 10.2. The quantitative estimate of drug-likeness (QED) is 0.800. The monoisotopic (exact) mass is 290 g/mol. The number of hydrogen-bond donors (Lipinski definition) is 2. The number of carbonyl (C=O) groups is 2. The van der Waals surface area contributed by atoms with Crippen LogP contribution in [0.3, 0.4) is 0 Å². The number of carboxylic acids is 1. The van der Waals surface area contributed by atoms with E-state index in [4.69, 9.17) is 9.52 Å². The first-order valence-electron chi connectivity index (χ1n) is 6.74. The van der Waals surface area contributed by atoms with E-state index in [1.807, 2.05) is 30.3 Å². The van der Waals surface area contributed by atoms with Gasteiger partial charge in [-0.1, -0.05) is 18.2 Å². The van der Waals surface area contributed by atoms with Crippen molar-refractivity contribution >= 4 is 23.0 Å². The molecule has 2 aromatic rings. The SMILES string of the molecule is CN(Cc1cc2ccccc2o1)C(=O)NCCCC(=O)O. The zero-order chi connectivity index (χ0) is 15.2. The third kappa shape index (κ3) is 4.24. The lowest BCUT2D eigenvalue weighted by molar-refractivity contribution is -0.137. The van der Waals surface area contributed by atoms with Crippen molar-refractivity contribution in [2.45, 2.75) is 19.4 Å². The first-order valence-corrected chi connectivity index (χ1v) is 6.74. The summed E-state index contributed by atoms with van der Waals surface area (Å²) in [5.41, 5.74) is 0.794. The number of urea groups is 1. The molecule has 2 amide bonds. The number of para-hydroxylation sites is 1. The fraction of sp³-hybridized carbons (Fsp3) is 0.333. The van der Waals surface area contributed by atoms with Crippen LogP contribution in [0, 0.1) is 0 Å². The molecule has 0 saturated carbocycles. The second kappa shape index (κ2) is 6.78. The molecule has 0 saturated heterocycles. The van der Waals surface area contributed by atoms with Crippen molar-refractivity contribution in [1.29, 1.82) is 0 Å². The van der Waals surface area contributed by atoms with E-state index in [0.717, 1.165) is 11.0 Å². The number of carboxylic acid groups (broad SMARTS) is 1. The summed E-state index contributed by atoms with van der Waals surface area (Å²) < 4.78 is 5.65. The van der Waals surface area contributed by atoms with Crippen LogP contribution in [-0.4, -0.2) is 35.6 Å². The number of amides is 2. The van der Waals surface area contributed by atoms with Crippen molar-refractivity contribution in [1.82, 2.24) is 10.2 Å². The Morgan fingerprint density at radius 2 is 2.10 bits per heavy atom. The number of furan rings is 1. The molecule has 0 unspecified atom stereocenters. The first-order chi connectivity index (χ1) is 10.1. The number of hydrogen-bond acceptors (Lipinski definition) is 3. The van der Waals surface area contributed by atoms with Gasteiger partial charge in [0.05, 0.1) is 6.54 Å². The van der Waals surface area contributed by atoms with E-state index in [2.05, 4.69) is 5.32 Å². The van der Waals surface area contributed by atoms with Gasteiger partial charge in [-0.2, -0.15) is 0 Å². The second-order valence-corrected chi connectivity index (χ2v) is 4.84. The van der Waals surface area contributed by atoms with Crippen LogP contribution in [0.15, 0.2) is 34.7 Å². The molecular formula is C15H18N2O4. The smallest absolute Gasteiger partial charge is 0.317 e. The predicted octanol–water partition coefficient (Wildman–Crippen LogP) is 2.44. The summed E-state index contributed by atoms with van der Waals surface area (Å²) in [5.74, 6) is -0.153. The van der Waals surface area contributed by atoms with Crippen LogP contribution in [0.2, 0.25) is 0 Å². The maximum absolute atomic E-state index is 11.8. The lowest BCUT2D eigenvalue weighted by Gasteiger charge is -2.16. The third-order valence-electron chi connectivity index (χ3n) is 3.06. The summed E-state index contributed by atoms with van der Waals surface area (Å²) in [6.45, 7) is 0.703. The van der Waals surface area contributed by atoms with Crippen molar-refractivity contribution in [2.75, 3.05) is 13.6 Å². The van der Waals surface area contributed by atoms with Gasteiger partial charge in [-0.15, -0.1) is 0 Å². The highest BCUT2D eigenvalue weighted by atomic mass is 16.4. The summed E-state index contributed by atoms with van der Waals surface area (Å²) in [6.07, 6.45) is 0.465. The summed E-state index contributed by atoms with van der Waals surface area (Å²) in [4.78, 5) is 23.7. The molecule has 112 valence electrons. The van der Waals surface area contributed by atoms with Gasteiger partial charge >= 0.3 is 12.0 Å². The lowest BCUT2D eigenvalue weighted by Crippen LogP contribution is -2.37. The minimum Gasteiger partial charge on any atom is -0.481 e. The Morgan fingerprint density at radius 3 is 2.81 bits per heavy atom. The van der Waals surface area contributed by atoms with Crippen LogP contribution in [0.1, 0.15) is 18.6 Å². The number of nitrogens with zero attached hydrogens (tertiary/aromatic N) is 1. The number of rotatable bonds is 6. The zero-order valence-electron chi connectivity index (χ0n) is 11.8. The minimum absolute atomic E-state index is 0.0492. The van der Waals surface area contributed by atoms with Gasteiger partial charge in [-0.05, 0) is 18.6 Å². The van der Waals surface area contributed by atoms with Crippen molar-refractivity contribution in [3.05, 3.63) is 36.1 Å². The highest BCUT2D eigenvalue weighted by molar-refractivity contribution is 5.78. The van der Waals surface area contributed by atoms with Crippen molar-refractivity contribution in [2.24, 2.45) is 0 Å². The van der Waals surface area contributed by atoms with E-state index in [1.165, 1.54) is 4.90 Å². The van der Waals surface area contributed by atoms with E-state index < -0.39 is 5.97 Å². The Hall–Kier alpha value is -2.50. The number of carbonyl (C=O) groups excluding carboxylic acids is 1. The normalized spacial score (nSPS) is 10.5. The average molecular weight is 290 g/mol. The highest BCUT2D eigenvalue weighted by Gasteiger charge is 2.11. The van der Waals surface area contributed by atoms with Gasteiger partial charge in [0.15, 0.2) is 0 Å². The molecule has 0 spiro atoms. The van der Waals surface area contributed by atoms with Gasteiger partial charge < -0.3 is 19.7 Å². The molecule has 0 bridgehead atoms. The number of aliphatic carboxylic acids is 1. The van der Waals surface area contributed by atoms with Gasteiger partial charge in [-0.3, -0.25) is 4.79 Å². The molecule has 21 heavy (non-hydrogen) atoms. The van der Waals surface area contributed by atoms with E-state index in [-0.39, 0.29) is 12.5 Å². The molecule has 1 aromatic heterocycles. The van der Waals surface area contributed by atoms with Crippen LogP contribution in [0.4, 0.5) is 4.79 Å². The summed E-state index contributed by atoms with van der Waals surface area (Å²) in [5, 5.41) is 12.2. The minimum atomic E-state index is -0.861. The number of benzene rings is 1. The highest BCUT2D eigenvalue weighted by Crippen LogP contribution is 2.19. The predicted molar refractivity (Wildman–Crippen MR) is 77.9 cm³/mol. The Bertz CT molecular complexity index is 602. The maximum atomic E-state index is 11.8. The summed E-state index contributed by atoms with van der Waals surface area (Å²) >= 11 is 0. The largest absolute Gasteiger partial charge is 0.481 e. The van der Waals surface area contributed by atoms with Crippen LogP contribution in [0.5, 0.6) is 0 Å². The van der Waals surface area contributed by atoms with Crippen molar-refractivity contribution in [3.63, 3.8) is 0 Å². The molecule has 0 aliphatic heterocycles. The fourth-order valence-electron chi connectivity index (χ4n) is 1.99. The summed E-state index contributed by atoms with van der Waals surface area (Å²) in [7, 11) is 1.67. The maximum Gasteiger partial charge on any atom is 0.317 e. The molecule has 6 nitrogen and oxygen atoms in total. The Morgan fingerprint density at radius 1 is 1.33 bits per heavy atom. The van der Waals surface area contributed by atoms with Crippen LogP contribution < -0.4 is 5.32 Å². The van der Waals surface area contributed by atoms with Crippen LogP contribution >= 0.6 is 0 Å². The molecule has 0 fully saturated rings. The number of fused-ring (bicyclic) bond motifs is 1. The molecule has 6 heteroatoms. The Balaban J connectivity index is 1.84. The van der Waals surface area contributed by atoms with E-state index in [9.17, 15) is 9.59 Å². The molecule has 2 N–H and O–H groups in total. The van der Waals surface area contributed by atoms with Gasteiger partial charge in [0, 0.05) is 25.4 Å². The number of nitrogens with one attached hydrogen (secondary N) is 1. The molecule has 1 aromatic carbocycles. The van der Waals surface area contributed by atoms with Gasteiger partial charge in [0.1, 0.15) is 11.3 Å². The third-order valence-corrected chi connectivity index (χ3v) is 3.06. The summed E-state index contributed by atoms with van der Waals surface area (Å²) in [6, 6.07) is 9.32. The first kappa shape index (κ1) is 14.9. The van der Waals surface area contributed by atoms with Crippen molar-refractivity contribution < 1.29 is 19.1 Å². The fourth-order valence-corrected chi connectivity index (χ4v) is 1.99. The van der Waals surface area contributed by atoms with Crippen LogP contribution in [0.25, 0.3) is 11.0 Å². The molecular weight excluding hydrogens is 272 g/mol. The molecule has 0 aliphatic carbocycles. The molecule has 0 aliphatic rings. The molecule has 2 rings (SSSR count). The van der Waals surface area contributed by atoms with E-state index in [1.54, 1.807) is 7.05 Å². The molecule has 0 atom stereocenters. The van der Waals surface area contributed by atoms with Crippen LogP contribution in [-0.2, 0) is 11.3 Å². The Kier molecular flexibility index (Phi) is 4.81. The van der Waals surface area contributed by atoms with Crippen molar-refractivity contribution in [3.8, 4) is 0 Å². The zero-order valence-corrected chi connectivity index (χ0v) is 11.8.